The van der Waals surface area contributed by atoms with E-state index in [1.165, 1.54) is 6.20 Å². The maximum absolute atomic E-state index is 9.10. The van der Waals surface area contributed by atoms with E-state index in [-0.39, 0.29) is 0 Å². The van der Waals surface area contributed by atoms with Crippen molar-refractivity contribution in [3.05, 3.63) is 108 Å². The van der Waals surface area contributed by atoms with E-state index in [0.29, 0.717) is 38.9 Å². The fourth-order valence-corrected chi connectivity index (χ4v) is 4.16. The van der Waals surface area contributed by atoms with Gasteiger partial charge >= 0.3 is 0 Å². The highest BCUT2D eigenvalue weighted by Gasteiger charge is 2.12. The Kier molecular flexibility index (Phi) is 5.77. The minimum Gasteiger partial charge on any atom is -0.455 e. The zero-order valence-corrected chi connectivity index (χ0v) is 20.0. The molecule has 0 aliphatic rings. The fourth-order valence-electron chi connectivity index (χ4n) is 4.04. The van der Waals surface area contributed by atoms with Gasteiger partial charge in [0.05, 0.1) is 11.1 Å². The Hall–Kier alpha value is -5.06. The number of halogens is 1. The van der Waals surface area contributed by atoms with Crippen LogP contribution in [0.25, 0.3) is 33.1 Å². The zero-order chi connectivity index (χ0) is 25.2. The molecule has 37 heavy (non-hydrogen) atoms. The summed E-state index contributed by atoms with van der Waals surface area (Å²) in [4.78, 5) is 8.62. The number of fused-ring (bicyclic) bond motifs is 2. The first kappa shape index (κ1) is 22.4. The van der Waals surface area contributed by atoms with Crippen LogP contribution in [-0.2, 0) is 0 Å². The minimum absolute atomic E-state index is 0.449. The molecule has 3 aromatic heterocycles. The van der Waals surface area contributed by atoms with Crippen LogP contribution in [0.15, 0.2) is 97.3 Å². The second kappa shape index (κ2) is 9.53. The molecule has 6 aromatic rings. The summed E-state index contributed by atoms with van der Waals surface area (Å²) in [7, 11) is 0. The monoisotopic (exact) mass is 500 g/mol. The SMILES string of the molecule is N#Cc1cnc2c(Oc3ccc(Nc4nnc(-c5ccc(Cl)cc5)c5ccccc45)cc3)ccnc2c1. The summed E-state index contributed by atoms with van der Waals surface area (Å²) >= 11 is 6.05. The molecule has 3 heterocycles. The summed E-state index contributed by atoms with van der Waals surface area (Å²) in [5.41, 5.74) is 4.21. The summed E-state index contributed by atoms with van der Waals surface area (Å²) in [6.45, 7) is 0. The van der Waals surface area contributed by atoms with Crippen LogP contribution < -0.4 is 10.1 Å². The number of nitriles is 1. The number of benzene rings is 3. The topological polar surface area (TPSA) is 96.6 Å². The van der Waals surface area contributed by atoms with Crippen molar-refractivity contribution in [3.8, 4) is 28.8 Å². The molecule has 0 atom stereocenters. The van der Waals surface area contributed by atoms with Crippen LogP contribution in [0.5, 0.6) is 11.5 Å². The van der Waals surface area contributed by atoms with Crippen LogP contribution in [0.3, 0.4) is 0 Å². The van der Waals surface area contributed by atoms with E-state index in [1.807, 2.05) is 72.8 Å². The number of nitrogens with one attached hydrogen (secondary N) is 1. The molecule has 0 bridgehead atoms. The molecule has 0 spiro atoms. The van der Waals surface area contributed by atoms with Gasteiger partial charge in [0.25, 0.3) is 0 Å². The second-order valence-electron chi connectivity index (χ2n) is 8.21. The third-order valence-electron chi connectivity index (χ3n) is 5.82. The average Bonchev–Trinajstić information content (AvgIpc) is 2.95. The standard InChI is InChI=1S/C29H17ClN6O/c30-20-7-5-19(6-8-20)27-23-3-1-2-4-24(23)29(36-35-27)34-21-9-11-22(12-10-21)37-26-13-14-32-25-15-18(16-31)17-33-28(25)26/h1-15,17H,(H,34,36). The van der Waals surface area contributed by atoms with E-state index in [2.05, 4.69) is 31.6 Å². The third-order valence-corrected chi connectivity index (χ3v) is 6.07. The molecule has 0 aliphatic carbocycles. The molecule has 0 unspecified atom stereocenters. The van der Waals surface area contributed by atoms with Gasteiger partial charge in [-0.15, -0.1) is 10.2 Å². The van der Waals surface area contributed by atoms with Gasteiger partial charge in [-0.25, -0.2) is 4.98 Å². The Bertz CT molecular complexity index is 1800. The normalized spacial score (nSPS) is 10.8. The van der Waals surface area contributed by atoms with Crippen LogP contribution in [0, 0.1) is 11.3 Å². The lowest BCUT2D eigenvalue weighted by atomic mass is 10.0. The van der Waals surface area contributed by atoms with Crippen LogP contribution in [0.1, 0.15) is 5.56 Å². The Labute approximate surface area is 217 Å². The van der Waals surface area contributed by atoms with Crippen molar-refractivity contribution >= 4 is 44.9 Å². The van der Waals surface area contributed by atoms with E-state index >= 15 is 0 Å². The predicted molar refractivity (Wildman–Crippen MR) is 144 cm³/mol. The van der Waals surface area contributed by atoms with Crippen LogP contribution in [0.4, 0.5) is 11.5 Å². The van der Waals surface area contributed by atoms with Gasteiger partial charge in [0, 0.05) is 45.5 Å². The Balaban J connectivity index is 1.26. The molecule has 0 aliphatic heterocycles. The number of nitrogens with zero attached hydrogens (tertiary/aromatic N) is 5. The molecule has 0 amide bonds. The van der Waals surface area contributed by atoms with Gasteiger partial charge in [-0.1, -0.05) is 48.0 Å². The third kappa shape index (κ3) is 4.49. The van der Waals surface area contributed by atoms with Crippen molar-refractivity contribution in [2.45, 2.75) is 0 Å². The van der Waals surface area contributed by atoms with Crippen LogP contribution >= 0.6 is 11.6 Å². The van der Waals surface area contributed by atoms with Crippen molar-refractivity contribution in [3.63, 3.8) is 0 Å². The van der Waals surface area contributed by atoms with Crippen molar-refractivity contribution in [2.24, 2.45) is 0 Å². The quantitative estimate of drug-likeness (QED) is 0.265. The first-order chi connectivity index (χ1) is 18.2. The maximum atomic E-state index is 9.10. The van der Waals surface area contributed by atoms with Gasteiger partial charge in [-0.2, -0.15) is 5.26 Å². The first-order valence-corrected chi connectivity index (χ1v) is 11.8. The van der Waals surface area contributed by atoms with Crippen LogP contribution in [0.2, 0.25) is 5.02 Å². The molecule has 3 aromatic carbocycles. The highest BCUT2D eigenvalue weighted by atomic mass is 35.5. The molecule has 8 heteroatoms. The van der Waals surface area contributed by atoms with E-state index in [9.17, 15) is 0 Å². The molecule has 0 fully saturated rings. The highest BCUT2D eigenvalue weighted by Crippen LogP contribution is 2.33. The number of rotatable bonds is 5. The second-order valence-corrected chi connectivity index (χ2v) is 8.65. The van der Waals surface area contributed by atoms with Gasteiger partial charge in [0.15, 0.2) is 11.6 Å². The molecule has 0 saturated carbocycles. The number of aromatic nitrogens is 4. The molecule has 6 rings (SSSR count). The molecule has 1 N–H and O–H groups in total. The maximum Gasteiger partial charge on any atom is 0.161 e. The molecule has 176 valence electrons. The summed E-state index contributed by atoms with van der Waals surface area (Å²) in [5, 5.41) is 24.1. The van der Waals surface area contributed by atoms with E-state index in [4.69, 9.17) is 21.6 Å². The molecular weight excluding hydrogens is 484 g/mol. The Morgan fingerprint density at radius 1 is 0.838 bits per heavy atom. The number of ether oxygens (including phenoxy) is 1. The average molecular weight is 501 g/mol. The Morgan fingerprint density at radius 3 is 2.41 bits per heavy atom. The van der Waals surface area contributed by atoms with Crippen molar-refractivity contribution < 1.29 is 4.74 Å². The molecule has 7 nitrogen and oxygen atoms in total. The fraction of sp³-hybridized carbons (Fsp3) is 0. The molecular formula is C29H17ClN6O. The number of hydrogen-bond donors (Lipinski definition) is 1. The zero-order valence-electron chi connectivity index (χ0n) is 19.3. The lowest BCUT2D eigenvalue weighted by Crippen LogP contribution is -1.99. The van der Waals surface area contributed by atoms with Crippen molar-refractivity contribution in [1.82, 2.24) is 20.2 Å². The van der Waals surface area contributed by atoms with E-state index in [1.54, 1.807) is 18.3 Å². The minimum atomic E-state index is 0.449. The molecule has 0 radical (unpaired) electrons. The number of hydrogen-bond acceptors (Lipinski definition) is 7. The lowest BCUT2D eigenvalue weighted by molar-refractivity contribution is 0.487. The van der Waals surface area contributed by atoms with Gasteiger partial charge in [0.1, 0.15) is 23.0 Å². The van der Waals surface area contributed by atoms with Gasteiger partial charge in [-0.05, 0) is 42.5 Å². The molecule has 0 saturated heterocycles. The number of pyridine rings is 2. The largest absolute Gasteiger partial charge is 0.455 e. The highest BCUT2D eigenvalue weighted by molar-refractivity contribution is 6.30. The van der Waals surface area contributed by atoms with E-state index in [0.717, 1.165) is 27.7 Å². The lowest BCUT2D eigenvalue weighted by Gasteiger charge is -2.12. The van der Waals surface area contributed by atoms with Crippen molar-refractivity contribution in [1.29, 1.82) is 5.26 Å². The van der Waals surface area contributed by atoms with Gasteiger partial charge < -0.3 is 10.1 Å². The summed E-state index contributed by atoms with van der Waals surface area (Å²) in [6.07, 6.45) is 3.14. The smallest absolute Gasteiger partial charge is 0.161 e. The summed E-state index contributed by atoms with van der Waals surface area (Å²) in [6, 6.07) is 28.6. The Morgan fingerprint density at radius 2 is 1.62 bits per heavy atom. The first-order valence-electron chi connectivity index (χ1n) is 11.4. The number of anilines is 2. The van der Waals surface area contributed by atoms with E-state index < -0.39 is 0 Å². The van der Waals surface area contributed by atoms with Gasteiger partial charge in [0.2, 0.25) is 0 Å². The summed E-state index contributed by atoms with van der Waals surface area (Å²) in [5.74, 6) is 1.85. The predicted octanol–water partition coefficient (Wildman–Crippen LogP) is 7.30. The summed E-state index contributed by atoms with van der Waals surface area (Å²) < 4.78 is 6.06. The van der Waals surface area contributed by atoms with Crippen molar-refractivity contribution in [2.75, 3.05) is 5.32 Å². The van der Waals surface area contributed by atoms with Gasteiger partial charge in [-0.3, -0.25) is 4.98 Å². The van der Waals surface area contributed by atoms with Crippen LogP contribution in [-0.4, -0.2) is 20.2 Å².